The van der Waals surface area contributed by atoms with Crippen molar-refractivity contribution in [3.05, 3.63) is 35.4 Å². The van der Waals surface area contributed by atoms with Crippen LogP contribution in [0.5, 0.6) is 0 Å². The van der Waals surface area contributed by atoms with Crippen molar-refractivity contribution in [3.8, 4) is 0 Å². The molecule has 98 valence electrons. The summed E-state index contributed by atoms with van der Waals surface area (Å²) in [7, 11) is 0. The summed E-state index contributed by atoms with van der Waals surface area (Å²) >= 11 is 0. The highest BCUT2D eigenvalue weighted by Crippen LogP contribution is 2.07. The van der Waals surface area contributed by atoms with E-state index in [2.05, 4.69) is 0 Å². The van der Waals surface area contributed by atoms with E-state index in [0.717, 1.165) is 0 Å². The lowest BCUT2D eigenvalue weighted by Crippen LogP contribution is -2.06. The van der Waals surface area contributed by atoms with Gasteiger partial charge in [-0.05, 0) is 12.1 Å². The molecule has 6 nitrogen and oxygen atoms in total. The number of aliphatic carboxylic acids is 1. The quantitative estimate of drug-likeness (QED) is 0.758. The van der Waals surface area contributed by atoms with Gasteiger partial charge < -0.3 is 15.3 Å². The van der Waals surface area contributed by atoms with Crippen molar-refractivity contribution in [1.82, 2.24) is 0 Å². The van der Waals surface area contributed by atoms with Crippen LogP contribution in [0.1, 0.15) is 34.6 Å². The van der Waals surface area contributed by atoms with Crippen LogP contribution in [0.4, 0.5) is 0 Å². The molecule has 0 unspecified atom stereocenters. The Morgan fingerprint density at radius 2 is 1.17 bits per heavy atom. The van der Waals surface area contributed by atoms with Crippen LogP contribution >= 0.6 is 0 Å². The minimum Gasteiger partial charge on any atom is -0.481 e. The third-order valence-electron chi connectivity index (χ3n) is 1.88. The van der Waals surface area contributed by atoms with Gasteiger partial charge in [0.1, 0.15) is 0 Å². The molecule has 0 aliphatic heterocycles. The molecule has 0 aromatic heterocycles. The zero-order valence-corrected chi connectivity index (χ0v) is 9.95. The van der Waals surface area contributed by atoms with Crippen molar-refractivity contribution in [2.75, 3.05) is 0 Å². The molecule has 0 aliphatic rings. The first-order chi connectivity index (χ1) is 8.27. The number of carboxylic acids is 3. The monoisotopic (exact) mass is 254 g/mol. The second-order valence-electron chi connectivity index (χ2n) is 3.65. The Morgan fingerprint density at radius 3 is 1.33 bits per heavy atom. The summed E-state index contributed by atoms with van der Waals surface area (Å²) in [5.74, 6) is -3.43. The van der Waals surface area contributed by atoms with Crippen molar-refractivity contribution < 1.29 is 29.7 Å². The lowest BCUT2D eigenvalue weighted by molar-refractivity contribution is -0.140. The summed E-state index contributed by atoms with van der Waals surface area (Å²) < 4.78 is 0. The minimum atomic E-state index is -1.23. The average molecular weight is 254 g/mol. The maximum Gasteiger partial charge on any atom is 0.336 e. The summed E-state index contributed by atoms with van der Waals surface area (Å²) in [6.07, 6.45) is 0. The Bertz CT molecular complexity index is 417. The standard InChI is InChI=1S/C8H6O4.C4H8O2/c9-7(10)5-3-1-2-4-6(5)8(11)12;1-3(2)4(5)6/h1-4H,(H,9,10)(H,11,12);3H,1-2H3,(H,5,6). The number of carboxylic acid groups (broad SMARTS) is 3. The number of carbonyl (C=O) groups is 3. The highest BCUT2D eigenvalue weighted by molar-refractivity contribution is 6.01. The predicted molar refractivity (Wildman–Crippen MR) is 62.8 cm³/mol. The number of benzene rings is 1. The molecule has 0 atom stereocenters. The Morgan fingerprint density at radius 1 is 0.889 bits per heavy atom. The molecule has 1 rings (SSSR count). The molecule has 0 radical (unpaired) electrons. The molecule has 6 heteroatoms. The van der Waals surface area contributed by atoms with E-state index < -0.39 is 17.9 Å². The Balaban J connectivity index is 0.000000411. The van der Waals surface area contributed by atoms with E-state index in [0.29, 0.717) is 0 Å². The van der Waals surface area contributed by atoms with Crippen LogP contribution in [0.25, 0.3) is 0 Å². The van der Waals surface area contributed by atoms with Gasteiger partial charge in [-0.1, -0.05) is 26.0 Å². The summed E-state index contributed by atoms with van der Waals surface area (Å²) in [6, 6.07) is 5.48. The first kappa shape index (κ1) is 15.6. The van der Waals surface area contributed by atoms with Gasteiger partial charge in [0.25, 0.3) is 0 Å². The Hall–Kier alpha value is -2.37. The Labute approximate surface area is 103 Å². The van der Waals surface area contributed by atoms with Gasteiger partial charge in [-0.25, -0.2) is 9.59 Å². The van der Waals surface area contributed by atoms with E-state index in [1.807, 2.05) is 0 Å². The van der Waals surface area contributed by atoms with Crippen LogP contribution in [-0.4, -0.2) is 33.2 Å². The van der Waals surface area contributed by atoms with Gasteiger partial charge in [0.2, 0.25) is 0 Å². The predicted octanol–water partition coefficient (Wildman–Crippen LogP) is 1.81. The maximum absolute atomic E-state index is 10.5. The van der Waals surface area contributed by atoms with Crippen LogP contribution in [0.3, 0.4) is 0 Å². The van der Waals surface area contributed by atoms with E-state index in [1.54, 1.807) is 13.8 Å². The fourth-order valence-corrected chi connectivity index (χ4v) is 0.856. The van der Waals surface area contributed by atoms with E-state index in [-0.39, 0.29) is 17.0 Å². The van der Waals surface area contributed by atoms with Crippen molar-refractivity contribution in [1.29, 1.82) is 0 Å². The molecular formula is C12H14O6. The smallest absolute Gasteiger partial charge is 0.336 e. The van der Waals surface area contributed by atoms with Crippen LogP contribution < -0.4 is 0 Å². The van der Waals surface area contributed by atoms with Crippen molar-refractivity contribution in [2.24, 2.45) is 5.92 Å². The zero-order chi connectivity index (χ0) is 14.3. The van der Waals surface area contributed by atoms with Gasteiger partial charge in [0.15, 0.2) is 0 Å². The Kier molecular flexibility index (Phi) is 6.12. The molecule has 0 saturated heterocycles. The lowest BCUT2D eigenvalue weighted by atomic mass is 10.1. The first-order valence-electron chi connectivity index (χ1n) is 5.05. The molecule has 3 N–H and O–H groups in total. The van der Waals surface area contributed by atoms with Crippen molar-refractivity contribution in [2.45, 2.75) is 13.8 Å². The van der Waals surface area contributed by atoms with Gasteiger partial charge in [0.05, 0.1) is 17.0 Å². The van der Waals surface area contributed by atoms with Crippen LogP contribution in [0.2, 0.25) is 0 Å². The first-order valence-corrected chi connectivity index (χ1v) is 5.05. The van der Waals surface area contributed by atoms with E-state index in [1.165, 1.54) is 24.3 Å². The van der Waals surface area contributed by atoms with E-state index in [9.17, 15) is 14.4 Å². The molecule has 0 saturated carbocycles. The number of hydrogen-bond acceptors (Lipinski definition) is 3. The average Bonchev–Trinajstić information content (AvgIpc) is 2.29. The third kappa shape index (κ3) is 5.11. The molecule has 0 fully saturated rings. The second-order valence-corrected chi connectivity index (χ2v) is 3.65. The SMILES string of the molecule is CC(C)C(=O)O.O=C(O)c1ccccc1C(=O)O. The molecule has 1 aromatic rings. The second kappa shape index (κ2) is 7.05. The van der Waals surface area contributed by atoms with Gasteiger partial charge in [-0.2, -0.15) is 0 Å². The third-order valence-corrected chi connectivity index (χ3v) is 1.88. The summed E-state index contributed by atoms with van der Waals surface area (Å²) in [6.45, 7) is 3.28. The summed E-state index contributed by atoms with van der Waals surface area (Å²) in [5, 5.41) is 25.1. The zero-order valence-electron chi connectivity index (χ0n) is 9.95. The van der Waals surface area contributed by atoms with Gasteiger partial charge in [-0.3, -0.25) is 4.79 Å². The van der Waals surface area contributed by atoms with Crippen LogP contribution in [0.15, 0.2) is 24.3 Å². The summed E-state index contributed by atoms with van der Waals surface area (Å²) in [4.78, 5) is 30.6. The molecule has 0 amide bonds. The van der Waals surface area contributed by atoms with Gasteiger partial charge in [-0.15, -0.1) is 0 Å². The fourth-order valence-electron chi connectivity index (χ4n) is 0.856. The molecule has 0 heterocycles. The van der Waals surface area contributed by atoms with Crippen molar-refractivity contribution in [3.63, 3.8) is 0 Å². The number of rotatable bonds is 3. The largest absolute Gasteiger partial charge is 0.481 e. The number of hydrogen-bond donors (Lipinski definition) is 3. The lowest BCUT2D eigenvalue weighted by Gasteiger charge is -1.98. The molecule has 0 spiro atoms. The highest BCUT2D eigenvalue weighted by Gasteiger charge is 2.13. The van der Waals surface area contributed by atoms with E-state index >= 15 is 0 Å². The van der Waals surface area contributed by atoms with Crippen molar-refractivity contribution >= 4 is 17.9 Å². The molecule has 0 aliphatic carbocycles. The number of aromatic carboxylic acids is 2. The molecule has 18 heavy (non-hydrogen) atoms. The highest BCUT2D eigenvalue weighted by atomic mass is 16.4. The van der Waals surface area contributed by atoms with Gasteiger partial charge in [0, 0.05) is 0 Å². The molecule has 1 aromatic carbocycles. The summed E-state index contributed by atoms with van der Waals surface area (Å²) in [5.41, 5.74) is -0.380. The van der Waals surface area contributed by atoms with Crippen LogP contribution in [-0.2, 0) is 4.79 Å². The topological polar surface area (TPSA) is 112 Å². The minimum absolute atomic E-state index is 0.190. The van der Waals surface area contributed by atoms with Crippen LogP contribution in [0, 0.1) is 5.92 Å². The maximum atomic E-state index is 10.5. The van der Waals surface area contributed by atoms with E-state index in [4.69, 9.17) is 15.3 Å². The fraction of sp³-hybridized carbons (Fsp3) is 0.250. The molecule has 0 bridgehead atoms. The molecular weight excluding hydrogens is 240 g/mol. The van der Waals surface area contributed by atoms with Gasteiger partial charge >= 0.3 is 17.9 Å². The normalized spacial score (nSPS) is 9.28.